The lowest BCUT2D eigenvalue weighted by Crippen LogP contribution is -2.57. The lowest BCUT2D eigenvalue weighted by atomic mass is 9.98. The van der Waals surface area contributed by atoms with Crippen molar-refractivity contribution in [2.24, 2.45) is 17.4 Å². The molecule has 0 saturated carbocycles. The Morgan fingerprint density at radius 1 is 0.935 bits per heavy atom. The average molecular weight is 462 g/mol. The molecule has 8 N–H and O–H groups in total. The zero-order valence-electron chi connectivity index (χ0n) is 19.0. The van der Waals surface area contributed by atoms with Gasteiger partial charge < -0.3 is 32.5 Å². The first-order chi connectivity index (χ1) is 14.6. The lowest BCUT2D eigenvalue weighted by Gasteiger charge is -2.26. The predicted molar refractivity (Wildman–Crippen MR) is 122 cm³/mol. The maximum Gasteiger partial charge on any atom is 0.326 e. The molecule has 3 amide bonds. The van der Waals surface area contributed by atoms with Gasteiger partial charge in [0.25, 0.3) is 0 Å². The molecule has 5 unspecified atom stereocenters. The van der Waals surface area contributed by atoms with E-state index in [4.69, 9.17) is 11.5 Å². The number of amides is 3. The zero-order chi connectivity index (χ0) is 24.0. The van der Waals surface area contributed by atoms with E-state index in [2.05, 4.69) is 16.0 Å². The molecule has 0 aliphatic rings. The molecule has 31 heavy (non-hydrogen) atoms. The number of aliphatic carboxylic acids is 1. The highest BCUT2D eigenvalue weighted by Crippen LogP contribution is 2.10. The second-order valence-corrected chi connectivity index (χ2v) is 8.67. The van der Waals surface area contributed by atoms with Crippen molar-refractivity contribution in [1.82, 2.24) is 16.0 Å². The number of nitrogens with two attached hydrogens (primary N) is 2. The van der Waals surface area contributed by atoms with Crippen LogP contribution >= 0.6 is 11.8 Å². The lowest BCUT2D eigenvalue weighted by molar-refractivity contribution is -0.143. The highest BCUT2D eigenvalue weighted by molar-refractivity contribution is 7.98. The second-order valence-electron chi connectivity index (χ2n) is 7.69. The number of carboxylic acid groups (broad SMARTS) is 1. The molecule has 0 saturated heterocycles. The summed E-state index contributed by atoms with van der Waals surface area (Å²) < 4.78 is 0. The first-order valence-corrected chi connectivity index (χ1v) is 12.1. The topological polar surface area (TPSA) is 177 Å². The monoisotopic (exact) mass is 461 g/mol. The minimum absolute atomic E-state index is 0.271. The van der Waals surface area contributed by atoms with E-state index < -0.39 is 47.9 Å². The van der Waals surface area contributed by atoms with Gasteiger partial charge in [-0.25, -0.2) is 4.79 Å². The minimum Gasteiger partial charge on any atom is -0.480 e. The number of carbonyl (C=O) groups is 4. The molecule has 10 nitrogen and oxygen atoms in total. The number of rotatable bonds is 16. The Balaban J connectivity index is 5.39. The van der Waals surface area contributed by atoms with Gasteiger partial charge in [0.15, 0.2) is 0 Å². The van der Waals surface area contributed by atoms with Crippen LogP contribution in [0.4, 0.5) is 0 Å². The number of hydrogen-bond donors (Lipinski definition) is 6. The van der Waals surface area contributed by atoms with Crippen molar-refractivity contribution >= 4 is 35.5 Å². The van der Waals surface area contributed by atoms with Gasteiger partial charge >= 0.3 is 5.97 Å². The van der Waals surface area contributed by atoms with Crippen LogP contribution < -0.4 is 27.4 Å². The van der Waals surface area contributed by atoms with Crippen molar-refractivity contribution in [3.63, 3.8) is 0 Å². The van der Waals surface area contributed by atoms with Crippen LogP contribution in [0, 0.1) is 5.92 Å². The third-order valence-electron chi connectivity index (χ3n) is 5.01. The smallest absolute Gasteiger partial charge is 0.326 e. The molecular weight excluding hydrogens is 422 g/mol. The third-order valence-corrected chi connectivity index (χ3v) is 5.66. The van der Waals surface area contributed by atoms with E-state index in [1.165, 1.54) is 18.7 Å². The maximum atomic E-state index is 12.9. The summed E-state index contributed by atoms with van der Waals surface area (Å²) in [5, 5.41) is 17.3. The molecule has 0 fully saturated rings. The van der Waals surface area contributed by atoms with Crippen LogP contribution in [0.2, 0.25) is 0 Å². The number of unbranched alkanes of at least 4 members (excludes halogenated alkanes) is 1. The number of thioether (sulfide) groups is 1. The Morgan fingerprint density at radius 2 is 1.48 bits per heavy atom. The van der Waals surface area contributed by atoms with Gasteiger partial charge in [0, 0.05) is 0 Å². The van der Waals surface area contributed by atoms with E-state index >= 15 is 0 Å². The van der Waals surface area contributed by atoms with Crippen molar-refractivity contribution in [3.8, 4) is 0 Å². The molecule has 0 bridgehead atoms. The summed E-state index contributed by atoms with van der Waals surface area (Å²) in [6.07, 6.45) is 4.42. The van der Waals surface area contributed by atoms with E-state index in [-0.39, 0.29) is 5.92 Å². The average Bonchev–Trinajstić information content (AvgIpc) is 2.72. The summed E-state index contributed by atoms with van der Waals surface area (Å²) in [5.74, 6) is -2.35. The van der Waals surface area contributed by atoms with Crippen LogP contribution in [0.3, 0.4) is 0 Å². The van der Waals surface area contributed by atoms with Crippen LogP contribution in [0.25, 0.3) is 0 Å². The van der Waals surface area contributed by atoms with Gasteiger partial charge in [0.05, 0.1) is 6.04 Å². The maximum absolute atomic E-state index is 12.9. The number of hydrogen-bond acceptors (Lipinski definition) is 7. The van der Waals surface area contributed by atoms with E-state index in [1.807, 2.05) is 13.2 Å². The highest BCUT2D eigenvalue weighted by Gasteiger charge is 2.31. The summed E-state index contributed by atoms with van der Waals surface area (Å²) in [6.45, 7) is 5.55. The first kappa shape index (κ1) is 29.1. The summed E-state index contributed by atoms with van der Waals surface area (Å²) in [7, 11) is 0. The summed E-state index contributed by atoms with van der Waals surface area (Å²) >= 11 is 1.50. The van der Waals surface area contributed by atoms with Crippen LogP contribution in [0.15, 0.2) is 0 Å². The van der Waals surface area contributed by atoms with Gasteiger partial charge in [0.2, 0.25) is 17.7 Å². The molecule has 0 spiro atoms. The molecule has 0 aliphatic carbocycles. The van der Waals surface area contributed by atoms with E-state index in [1.54, 1.807) is 6.92 Å². The Bertz CT molecular complexity index is 590. The van der Waals surface area contributed by atoms with Gasteiger partial charge in [-0.3, -0.25) is 14.4 Å². The van der Waals surface area contributed by atoms with Crippen molar-refractivity contribution in [2.45, 2.75) is 77.0 Å². The van der Waals surface area contributed by atoms with Gasteiger partial charge in [-0.2, -0.15) is 11.8 Å². The Labute approximate surface area is 189 Å². The quantitative estimate of drug-likeness (QED) is 0.171. The Morgan fingerprint density at radius 3 is 1.97 bits per heavy atom. The third kappa shape index (κ3) is 11.4. The molecule has 0 aromatic rings. The largest absolute Gasteiger partial charge is 0.480 e. The second kappa shape index (κ2) is 15.9. The molecule has 0 rings (SSSR count). The number of carboxylic acids is 1. The van der Waals surface area contributed by atoms with E-state index in [0.717, 1.165) is 0 Å². The van der Waals surface area contributed by atoms with Crippen LogP contribution in [-0.4, -0.2) is 71.5 Å². The SMILES string of the molecule is CCC(C)C(NC(=O)C(CCSC)NC(=O)C(CCCCN)NC(=O)C(C)N)C(=O)O. The van der Waals surface area contributed by atoms with Crippen molar-refractivity contribution < 1.29 is 24.3 Å². The van der Waals surface area contributed by atoms with Gasteiger partial charge in [-0.05, 0) is 57.1 Å². The van der Waals surface area contributed by atoms with Crippen LogP contribution in [0.5, 0.6) is 0 Å². The normalized spacial score (nSPS) is 15.8. The molecule has 180 valence electrons. The van der Waals surface area contributed by atoms with Crippen molar-refractivity contribution in [1.29, 1.82) is 0 Å². The predicted octanol–water partition coefficient (Wildman–Crippen LogP) is -0.199. The Hall–Kier alpha value is -1.85. The Kier molecular flexibility index (Phi) is 14.9. The summed E-state index contributed by atoms with van der Waals surface area (Å²) in [4.78, 5) is 49.3. The summed E-state index contributed by atoms with van der Waals surface area (Å²) in [6, 6.07) is -3.62. The first-order valence-electron chi connectivity index (χ1n) is 10.7. The molecular formula is C20H39N5O5S. The molecule has 0 aliphatic heterocycles. The van der Waals surface area contributed by atoms with E-state index in [0.29, 0.717) is 44.4 Å². The van der Waals surface area contributed by atoms with E-state index in [9.17, 15) is 24.3 Å². The molecule has 0 heterocycles. The number of carbonyl (C=O) groups excluding carboxylic acids is 3. The highest BCUT2D eigenvalue weighted by atomic mass is 32.2. The molecule has 5 atom stereocenters. The summed E-state index contributed by atoms with van der Waals surface area (Å²) in [5.41, 5.74) is 11.1. The fourth-order valence-corrected chi connectivity index (χ4v) is 3.25. The minimum atomic E-state index is -1.12. The molecule has 0 aromatic carbocycles. The molecule has 0 radical (unpaired) electrons. The van der Waals surface area contributed by atoms with Crippen molar-refractivity contribution in [2.75, 3.05) is 18.6 Å². The zero-order valence-corrected chi connectivity index (χ0v) is 19.8. The fraction of sp³-hybridized carbons (Fsp3) is 0.800. The standard InChI is InChI=1S/C20H39N5O5S/c1-5-12(2)16(20(29)30)25-19(28)15(9-11-31-4)24-18(27)14(8-6-7-10-21)23-17(26)13(3)22/h12-16H,5-11,21-22H2,1-4H3,(H,23,26)(H,24,27)(H,25,28)(H,29,30). The van der Waals surface area contributed by atoms with Gasteiger partial charge in [0.1, 0.15) is 18.1 Å². The van der Waals surface area contributed by atoms with Gasteiger partial charge in [-0.1, -0.05) is 20.3 Å². The van der Waals surface area contributed by atoms with Gasteiger partial charge in [-0.15, -0.1) is 0 Å². The molecule has 11 heteroatoms. The molecule has 0 aromatic heterocycles. The van der Waals surface area contributed by atoms with Crippen LogP contribution in [0.1, 0.15) is 52.9 Å². The number of nitrogens with one attached hydrogen (secondary N) is 3. The fourth-order valence-electron chi connectivity index (χ4n) is 2.78. The van der Waals surface area contributed by atoms with Crippen molar-refractivity contribution in [3.05, 3.63) is 0 Å². The van der Waals surface area contributed by atoms with Crippen LogP contribution in [-0.2, 0) is 19.2 Å².